The molecule has 0 fully saturated rings. The van der Waals surface area contributed by atoms with E-state index in [-0.39, 0.29) is 23.0 Å². The minimum Gasteiger partial charge on any atom is -0.507 e. The highest BCUT2D eigenvalue weighted by atomic mass is 19.1. The number of aromatic amines is 1. The van der Waals surface area contributed by atoms with Crippen molar-refractivity contribution in [3.05, 3.63) is 88.1 Å². The smallest absolute Gasteiger partial charge is 0.331 e. The fraction of sp³-hybridized carbons (Fsp3) is 0. The monoisotopic (exact) mass is 362 g/mol. The summed E-state index contributed by atoms with van der Waals surface area (Å²) in [5.74, 6) is -0.693. The number of hydrogen-bond donors (Lipinski definition) is 3. The highest BCUT2D eigenvalue weighted by Crippen LogP contribution is 2.32. The summed E-state index contributed by atoms with van der Waals surface area (Å²) < 4.78 is 14.4. The van der Waals surface area contributed by atoms with E-state index in [1.54, 1.807) is 48.6 Å². The van der Waals surface area contributed by atoms with Gasteiger partial charge in [-0.25, -0.2) is 9.18 Å². The molecule has 4 rings (SSSR count). The van der Waals surface area contributed by atoms with E-state index in [1.165, 1.54) is 28.8 Å². The average Bonchev–Trinajstić information content (AvgIpc) is 2.98. The van der Waals surface area contributed by atoms with E-state index < -0.39 is 5.69 Å². The van der Waals surface area contributed by atoms with Gasteiger partial charge in [-0.05, 0) is 35.9 Å². The van der Waals surface area contributed by atoms with Gasteiger partial charge in [0.15, 0.2) is 0 Å². The number of phenolic OH excluding ortho intramolecular Hbond substituents is 2. The van der Waals surface area contributed by atoms with E-state index in [4.69, 9.17) is 0 Å². The molecular weight excluding hydrogens is 347 g/mol. The Bertz CT molecular complexity index is 1220. The first-order valence-electron chi connectivity index (χ1n) is 8.23. The van der Waals surface area contributed by atoms with Gasteiger partial charge in [-0.1, -0.05) is 36.4 Å². The Hall–Kier alpha value is -3.80. The molecule has 0 unspecified atom stereocenters. The summed E-state index contributed by atoms with van der Waals surface area (Å²) in [6, 6.07) is 15.7. The molecule has 0 amide bonds. The lowest BCUT2D eigenvalue weighted by Crippen LogP contribution is -2.14. The van der Waals surface area contributed by atoms with E-state index in [9.17, 15) is 19.4 Å². The lowest BCUT2D eigenvalue weighted by Gasteiger charge is -2.09. The van der Waals surface area contributed by atoms with Gasteiger partial charge in [-0.15, -0.1) is 0 Å². The lowest BCUT2D eigenvalue weighted by atomic mass is 10.1. The third-order valence-electron chi connectivity index (χ3n) is 4.28. The number of halogens is 1. The molecule has 0 saturated carbocycles. The Morgan fingerprint density at radius 2 is 1.67 bits per heavy atom. The molecule has 5 nitrogen and oxygen atoms in total. The second-order valence-electron chi connectivity index (χ2n) is 6.07. The van der Waals surface area contributed by atoms with Gasteiger partial charge in [-0.3, -0.25) is 4.57 Å². The Labute approximate surface area is 153 Å². The van der Waals surface area contributed by atoms with Crippen molar-refractivity contribution < 1.29 is 14.6 Å². The van der Waals surface area contributed by atoms with Crippen LogP contribution in [-0.4, -0.2) is 19.8 Å². The molecule has 0 aliphatic heterocycles. The van der Waals surface area contributed by atoms with Gasteiger partial charge in [-0.2, -0.15) is 0 Å². The van der Waals surface area contributed by atoms with Crippen LogP contribution in [0.25, 0.3) is 28.9 Å². The summed E-state index contributed by atoms with van der Waals surface area (Å²) in [5.41, 5.74) is 2.24. The highest BCUT2D eigenvalue weighted by Gasteiger charge is 2.14. The van der Waals surface area contributed by atoms with Gasteiger partial charge >= 0.3 is 5.69 Å². The number of benzene rings is 3. The largest absolute Gasteiger partial charge is 0.507 e. The molecule has 0 atom stereocenters. The van der Waals surface area contributed by atoms with Crippen LogP contribution in [-0.2, 0) is 0 Å². The van der Waals surface area contributed by atoms with Crippen LogP contribution in [0.1, 0.15) is 11.1 Å². The molecule has 0 saturated heterocycles. The van der Waals surface area contributed by atoms with Crippen LogP contribution < -0.4 is 5.69 Å². The number of phenols is 2. The van der Waals surface area contributed by atoms with Gasteiger partial charge in [0.25, 0.3) is 0 Å². The van der Waals surface area contributed by atoms with Crippen LogP contribution in [0.5, 0.6) is 11.5 Å². The Balaban J connectivity index is 1.83. The Morgan fingerprint density at radius 3 is 2.44 bits per heavy atom. The summed E-state index contributed by atoms with van der Waals surface area (Å²) >= 11 is 0. The second-order valence-corrected chi connectivity index (χ2v) is 6.07. The third-order valence-corrected chi connectivity index (χ3v) is 4.28. The number of para-hydroxylation sites is 2. The van der Waals surface area contributed by atoms with Crippen molar-refractivity contribution in [1.82, 2.24) is 9.55 Å². The molecule has 0 spiro atoms. The first-order chi connectivity index (χ1) is 13.0. The van der Waals surface area contributed by atoms with Crippen molar-refractivity contribution in [1.29, 1.82) is 0 Å². The number of aromatic nitrogens is 2. The van der Waals surface area contributed by atoms with Gasteiger partial charge in [0.1, 0.15) is 17.3 Å². The number of rotatable bonds is 3. The standard InChI is InChI=1S/C21H15FN2O3/c22-15-9-6-13(7-10-15)5-8-14-11-18(20(26)12-19(14)25)24-17-4-2-1-3-16(17)23-21(24)27/h1-12,25-26H,(H,23,27)/b8-5+. The first-order valence-corrected chi connectivity index (χ1v) is 8.23. The van der Waals surface area contributed by atoms with Crippen LogP contribution in [0.3, 0.4) is 0 Å². The van der Waals surface area contributed by atoms with Crippen molar-refractivity contribution in [2.75, 3.05) is 0 Å². The molecule has 134 valence electrons. The van der Waals surface area contributed by atoms with Crippen LogP contribution in [0.4, 0.5) is 4.39 Å². The summed E-state index contributed by atoms with van der Waals surface area (Å²) in [6.45, 7) is 0. The number of fused-ring (bicyclic) bond motifs is 1. The molecule has 3 aromatic carbocycles. The predicted molar refractivity (Wildman–Crippen MR) is 103 cm³/mol. The molecule has 0 aliphatic rings. The maximum Gasteiger partial charge on any atom is 0.331 e. The maximum absolute atomic E-state index is 13.0. The second kappa shape index (κ2) is 6.49. The summed E-state index contributed by atoms with van der Waals surface area (Å²) in [4.78, 5) is 15.1. The summed E-state index contributed by atoms with van der Waals surface area (Å²) in [6.07, 6.45) is 3.33. The third kappa shape index (κ3) is 3.08. The number of imidazole rings is 1. The number of H-pyrrole nitrogens is 1. The van der Waals surface area contributed by atoms with Gasteiger partial charge in [0, 0.05) is 11.6 Å². The van der Waals surface area contributed by atoms with Gasteiger partial charge in [0.05, 0.1) is 16.7 Å². The SMILES string of the molecule is O=c1[nH]c2ccccc2n1-c1cc(/C=C/c2ccc(F)cc2)c(O)cc1O. The zero-order chi connectivity index (χ0) is 19.0. The summed E-state index contributed by atoms with van der Waals surface area (Å²) in [5, 5.41) is 20.4. The van der Waals surface area contributed by atoms with Crippen molar-refractivity contribution >= 4 is 23.2 Å². The Morgan fingerprint density at radius 1 is 0.926 bits per heavy atom. The minimum absolute atomic E-state index is 0.137. The summed E-state index contributed by atoms with van der Waals surface area (Å²) in [7, 11) is 0. The Kier molecular flexibility index (Phi) is 4.01. The van der Waals surface area contributed by atoms with E-state index in [2.05, 4.69) is 4.98 Å². The maximum atomic E-state index is 13.0. The molecule has 27 heavy (non-hydrogen) atoms. The zero-order valence-electron chi connectivity index (χ0n) is 14.1. The molecule has 3 N–H and O–H groups in total. The fourth-order valence-electron chi connectivity index (χ4n) is 2.95. The number of aromatic hydroxyl groups is 2. The van der Waals surface area contributed by atoms with Crippen molar-refractivity contribution in [3.8, 4) is 17.2 Å². The zero-order valence-corrected chi connectivity index (χ0v) is 14.1. The predicted octanol–water partition coefficient (Wildman–Crippen LogP) is 4.04. The van der Waals surface area contributed by atoms with Crippen LogP contribution in [0.2, 0.25) is 0 Å². The fourth-order valence-corrected chi connectivity index (χ4v) is 2.95. The number of nitrogens with zero attached hydrogens (tertiary/aromatic N) is 1. The van der Waals surface area contributed by atoms with Crippen LogP contribution >= 0.6 is 0 Å². The van der Waals surface area contributed by atoms with E-state index >= 15 is 0 Å². The first kappa shape index (κ1) is 16.7. The molecular formula is C21H15FN2O3. The van der Waals surface area contributed by atoms with Crippen LogP contribution in [0, 0.1) is 5.82 Å². The number of hydrogen-bond acceptors (Lipinski definition) is 3. The molecule has 4 aromatic rings. The molecule has 6 heteroatoms. The number of nitrogens with one attached hydrogen (secondary N) is 1. The van der Waals surface area contributed by atoms with Crippen LogP contribution in [0.15, 0.2) is 65.5 Å². The average molecular weight is 362 g/mol. The minimum atomic E-state index is -0.398. The van der Waals surface area contributed by atoms with Gasteiger partial charge < -0.3 is 15.2 Å². The van der Waals surface area contributed by atoms with E-state index in [0.717, 1.165) is 5.56 Å². The van der Waals surface area contributed by atoms with E-state index in [1.807, 2.05) is 0 Å². The molecule has 0 radical (unpaired) electrons. The van der Waals surface area contributed by atoms with Crippen molar-refractivity contribution in [3.63, 3.8) is 0 Å². The molecule has 1 heterocycles. The lowest BCUT2D eigenvalue weighted by molar-refractivity contribution is 0.448. The quantitative estimate of drug-likeness (QED) is 0.481. The molecule has 1 aromatic heterocycles. The van der Waals surface area contributed by atoms with E-state index in [0.29, 0.717) is 16.6 Å². The van der Waals surface area contributed by atoms with Crippen molar-refractivity contribution in [2.24, 2.45) is 0 Å². The van der Waals surface area contributed by atoms with Crippen molar-refractivity contribution in [2.45, 2.75) is 0 Å². The molecule has 0 bridgehead atoms. The normalized spacial score (nSPS) is 11.4. The topological polar surface area (TPSA) is 78.2 Å². The molecule has 0 aliphatic carbocycles. The highest BCUT2D eigenvalue weighted by molar-refractivity contribution is 5.80. The van der Waals surface area contributed by atoms with Gasteiger partial charge in [0.2, 0.25) is 0 Å².